The number of benzene rings is 1. The molecular weight excluding hydrogens is 388 g/mol. The number of carbonyl (C=O) groups excluding carboxylic acids is 1. The number of allylic oxidation sites excluding steroid dienone is 1. The summed E-state index contributed by atoms with van der Waals surface area (Å²) in [4.78, 5) is 24.0. The zero-order valence-electron chi connectivity index (χ0n) is 17.2. The molecule has 2 aromatic rings. The first-order valence-corrected chi connectivity index (χ1v) is 10.7. The summed E-state index contributed by atoms with van der Waals surface area (Å²) in [6.07, 6.45) is 2.76. The Morgan fingerprint density at radius 1 is 1.38 bits per heavy atom. The van der Waals surface area contributed by atoms with Crippen molar-refractivity contribution in [3.8, 4) is 0 Å². The van der Waals surface area contributed by atoms with E-state index in [1.807, 2.05) is 26.8 Å². The van der Waals surface area contributed by atoms with Gasteiger partial charge in [0.15, 0.2) is 0 Å². The second-order valence-corrected chi connectivity index (χ2v) is 8.39. The molecule has 154 valence electrons. The van der Waals surface area contributed by atoms with Gasteiger partial charge in [-0.3, -0.25) is 10.1 Å². The lowest BCUT2D eigenvalue weighted by atomic mass is 9.80. The highest BCUT2D eigenvalue weighted by Crippen LogP contribution is 2.47. The van der Waals surface area contributed by atoms with E-state index in [0.717, 1.165) is 41.1 Å². The van der Waals surface area contributed by atoms with Gasteiger partial charge >= 0.3 is 5.97 Å². The lowest BCUT2D eigenvalue weighted by molar-refractivity contribution is -0.384. The number of carbonyl (C=O) groups is 1. The number of fused-ring (bicyclic) bond motifs is 1. The first-order chi connectivity index (χ1) is 13.8. The molecule has 29 heavy (non-hydrogen) atoms. The molecule has 3 rings (SSSR count). The average molecular weight is 415 g/mol. The molecule has 0 fully saturated rings. The second-order valence-electron chi connectivity index (χ2n) is 7.51. The molecule has 0 radical (unpaired) electrons. The van der Waals surface area contributed by atoms with E-state index >= 15 is 0 Å². The molecular formula is C22H26N2O4S. The number of unbranched alkanes of at least 4 members (excludes halogenated alkanes) is 1. The number of hydrogen-bond acceptors (Lipinski definition) is 6. The van der Waals surface area contributed by atoms with Crippen LogP contribution in [0, 0.1) is 10.1 Å². The van der Waals surface area contributed by atoms with Crippen molar-refractivity contribution >= 4 is 28.0 Å². The van der Waals surface area contributed by atoms with E-state index in [1.165, 1.54) is 11.6 Å². The first kappa shape index (κ1) is 21.0. The Labute approximate surface area is 174 Å². The maximum Gasteiger partial charge on any atom is 0.337 e. The summed E-state index contributed by atoms with van der Waals surface area (Å²) in [5, 5.41) is 17.8. The van der Waals surface area contributed by atoms with Crippen molar-refractivity contribution < 1.29 is 14.5 Å². The molecule has 0 saturated carbocycles. The molecule has 0 saturated heterocycles. The highest BCUT2D eigenvalue weighted by Gasteiger charge is 2.36. The van der Waals surface area contributed by atoms with Gasteiger partial charge in [0.25, 0.3) is 5.69 Å². The van der Waals surface area contributed by atoms with Gasteiger partial charge in [0.05, 0.1) is 21.6 Å². The predicted octanol–water partition coefficient (Wildman–Crippen LogP) is 5.78. The third-order valence-electron chi connectivity index (χ3n) is 4.97. The van der Waals surface area contributed by atoms with Gasteiger partial charge in [-0.2, -0.15) is 0 Å². The maximum atomic E-state index is 13.0. The van der Waals surface area contributed by atoms with Crippen molar-refractivity contribution in [3.05, 3.63) is 67.7 Å². The molecule has 0 aliphatic carbocycles. The number of anilines is 1. The fourth-order valence-corrected chi connectivity index (χ4v) is 4.77. The van der Waals surface area contributed by atoms with E-state index in [9.17, 15) is 14.9 Å². The van der Waals surface area contributed by atoms with Crippen molar-refractivity contribution in [3.63, 3.8) is 0 Å². The van der Waals surface area contributed by atoms with Crippen LogP contribution in [0.25, 0.3) is 0 Å². The standard InChI is InChI=1S/C22H26N2O4S/c1-5-6-8-16-12-29-21-20(16)19(15-9-7-10-17(11-15)24(26)27)18(14(4)23-21)22(25)28-13(2)3/h7,9-13,19,23H,5-6,8H2,1-4H3. The number of hydrogen-bond donors (Lipinski definition) is 1. The molecule has 6 nitrogen and oxygen atoms in total. The molecule has 0 amide bonds. The molecule has 1 atom stereocenters. The van der Waals surface area contributed by atoms with Crippen molar-refractivity contribution in [2.45, 2.75) is 59.0 Å². The van der Waals surface area contributed by atoms with Gasteiger partial charge in [-0.15, -0.1) is 11.3 Å². The van der Waals surface area contributed by atoms with Crippen LogP contribution in [-0.2, 0) is 16.0 Å². The summed E-state index contributed by atoms with van der Waals surface area (Å²) >= 11 is 1.61. The number of non-ortho nitro benzene ring substituents is 1. The molecule has 1 aliphatic rings. The van der Waals surface area contributed by atoms with E-state index in [2.05, 4.69) is 17.6 Å². The number of nitrogens with one attached hydrogen (secondary N) is 1. The summed E-state index contributed by atoms with van der Waals surface area (Å²) in [5.41, 5.74) is 4.20. The molecule has 0 bridgehead atoms. The van der Waals surface area contributed by atoms with Gasteiger partial charge in [-0.05, 0) is 50.1 Å². The quantitative estimate of drug-likeness (QED) is 0.353. The Hall–Kier alpha value is -2.67. The highest BCUT2D eigenvalue weighted by atomic mass is 32.1. The van der Waals surface area contributed by atoms with Crippen molar-refractivity contribution in [1.29, 1.82) is 0 Å². The minimum atomic E-state index is -0.403. The Balaban J connectivity index is 2.18. The monoisotopic (exact) mass is 414 g/mol. The van der Waals surface area contributed by atoms with Gasteiger partial charge < -0.3 is 10.1 Å². The van der Waals surface area contributed by atoms with Crippen molar-refractivity contribution in [2.24, 2.45) is 0 Å². The smallest absolute Gasteiger partial charge is 0.337 e. The van der Waals surface area contributed by atoms with Gasteiger partial charge in [0, 0.05) is 29.3 Å². The highest BCUT2D eigenvalue weighted by molar-refractivity contribution is 7.14. The van der Waals surface area contributed by atoms with E-state index in [-0.39, 0.29) is 17.8 Å². The average Bonchev–Trinajstić information content (AvgIpc) is 3.06. The van der Waals surface area contributed by atoms with E-state index in [4.69, 9.17) is 4.74 Å². The maximum absolute atomic E-state index is 13.0. The van der Waals surface area contributed by atoms with E-state index in [1.54, 1.807) is 23.5 Å². The topological polar surface area (TPSA) is 81.5 Å². The Morgan fingerprint density at radius 3 is 2.79 bits per heavy atom. The van der Waals surface area contributed by atoms with Crippen molar-refractivity contribution in [1.82, 2.24) is 0 Å². The van der Waals surface area contributed by atoms with Gasteiger partial charge in [0.1, 0.15) is 0 Å². The Kier molecular flexibility index (Phi) is 6.37. The number of ether oxygens (including phenoxy) is 1. The van der Waals surface area contributed by atoms with E-state index in [0.29, 0.717) is 5.57 Å². The largest absolute Gasteiger partial charge is 0.460 e. The predicted molar refractivity (Wildman–Crippen MR) is 115 cm³/mol. The molecule has 7 heteroatoms. The number of nitro benzene ring substituents is 1. The molecule has 0 spiro atoms. The molecule has 1 aliphatic heterocycles. The van der Waals surface area contributed by atoms with Crippen LogP contribution in [0.5, 0.6) is 0 Å². The number of rotatable bonds is 7. The Morgan fingerprint density at radius 2 is 2.14 bits per heavy atom. The van der Waals surface area contributed by atoms with Crippen LogP contribution in [0.15, 0.2) is 40.9 Å². The van der Waals surface area contributed by atoms with Crippen LogP contribution in [-0.4, -0.2) is 17.0 Å². The van der Waals surface area contributed by atoms with Crippen LogP contribution in [0.2, 0.25) is 0 Å². The fourth-order valence-electron chi connectivity index (χ4n) is 3.68. The normalized spacial score (nSPS) is 15.8. The van der Waals surface area contributed by atoms with Crippen LogP contribution in [0.4, 0.5) is 10.7 Å². The van der Waals surface area contributed by atoms with Crippen LogP contribution >= 0.6 is 11.3 Å². The summed E-state index contributed by atoms with van der Waals surface area (Å²) in [7, 11) is 0. The van der Waals surface area contributed by atoms with Crippen LogP contribution in [0.1, 0.15) is 63.1 Å². The van der Waals surface area contributed by atoms with Crippen molar-refractivity contribution in [2.75, 3.05) is 5.32 Å². The molecule has 2 heterocycles. The fraction of sp³-hybridized carbons (Fsp3) is 0.409. The lowest BCUT2D eigenvalue weighted by Gasteiger charge is -2.29. The number of thiophene rings is 1. The Bertz CT molecular complexity index is 961. The summed E-state index contributed by atoms with van der Waals surface area (Å²) in [5.74, 6) is -0.782. The summed E-state index contributed by atoms with van der Waals surface area (Å²) in [6.45, 7) is 7.63. The second kappa shape index (κ2) is 8.78. The van der Waals surface area contributed by atoms with Gasteiger partial charge in [0.2, 0.25) is 0 Å². The third-order valence-corrected chi connectivity index (χ3v) is 5.93. The molecule has 1 unspecified atom stereocenters. The number of nitro groups is 1. The molecule has 1 aromatic carbocycles. The van der Waals surface area contributed by atoms with Gasteiger partial charge in [-0.1, -0.05) is 25.5 Å². The molecule has 1 N–H and O–H groups in total. The minimum absolute atomic E-state index is 0.0159. The van der Waals surface area contributed by atoms with Crippen LogP contribution < -0.4 is 5.32 Å². The number of aryl methyl sites for hydroxylation is 1. The lowest BCUT2D eigenvalue weighted by Crippen LogP contribution is -2.26. The minimum Gasteiger partial charge on any atom is -0.460 e. The summed E-state index contributed by atoms with van der Waals surface area (Å²) in [6, 6.07) is 6.56. The molecule has 1 aromatic heterocycles. The first-order valence-electron chi connectivity index (χ1n) is 9.86. The zero-order chi connectivity index (χ0) is 21.1. The van der Waals surface area contributed by atoms with E-state index < -0.39 is 10.8 Å². The number of esters is 1. The number of nitrogens with zero attached hydrogens (tertiary/aromatic N) is 1. The third kappa shape index (κ3) is 4.34. The zero-order valence-corrected chi connectivity index (χ0v) is 18.0. The SMILES string of the molecule is CCCCc1csc2c1C(c1cccc([N+](=O)[O-])c1)C(C(=O)OC(C)C)=C(C)N2. The summed E-state index contributed by atoms with van der Waals surface area (Å²) < 4.78 is 5.53. The van der Waals surface area contributed by atoms with Crippen LogP contribution in [0.3, 0.4) is 0 Å². The van der Waals surface area contributed by atoms with Gasteiger partial charge in [-0.25, -0.2) is 4.79 Å².